The highest BCUT2D eigenvalue weighted by Crippen LogP contribution is 2.34. The minimum absolute atomic E-state index is 0.0889. The summed E-state index contributed by atoms with van der Waals surface area (Å²) >= 11 is 1.80. The quantitative estimate of drug-likeness (QED) is 0.910. The summed E-state index contributed by atoms with van der Waals surface area (Å²) in [5.41, 5.74) is 3.80. The van der Waals surface area contributed by atoms with Crippen LogP contribution in [-0.4, -0.2) is 12.0 Å². The van der Waals surface area contributed by atoms with Crippen LogP contribution >= 0.6 is 11.3 Å². The number of benzene rings is 1. The van der Waals surface area contributed by atoms with Gasteiger partial charge in [-0.3, -0.25) is 0 Å². The third-order valence-corrected chi connectivity index (χ3v) is 4.15. The van der Waals surface area contributed by atoms with Crippen LogP contribution in [0.5, 0.6) is 0 Å². The molecule has 0 aliphatic rings. The summed E-state index contributed by atoms with van der Waals surface area (Å²) in [6, 6.07) is 8.60. The van der Waals surface area contributed by atoms with Crippen LogP contribution < -0.4 is 5.32 Å². The van der Waals surface area contributed by atoms with Gasteiger partial charge in [-0.15, -0.1) is 11.3 Å². The summed E-state index contributed by atoms with van der Waals surface area (Å²) in [5.74, 6) is 0. The zero-order chi connectivity index (χ0) is 14.0. The van der Waals surface area contributed by atoms with E-state index < -0.39 is 0 Å². The summed E-state index contributed by atoms with van der Waals surface area (Å²) in [5, 5.41) is 4.36. The maximum atomic E-state index is 4.88. The molecule has 0 unspecified atom stereocenters. The van der Waals surface area contributed by atoms with Crippen molar-refractivity contribution < 1.29 is 0 Å². The third-order valence-electron chi connectivity index (χ3n) is 3.04. The second kappa shape index (κ2) is 5.43. The molecule has 1 heterocycles. The van der Waals surface area contributed by atoms with E-state index in [0.29, 0.717) is 0 Å². The lowest BCUT2D eigenvalue weighted by atomic mass is 9.91. The van der Waals surface area contributed by atoms with Crippen molar-refractivity contribution in [2.75, 3.05) is 7.05 Å². The van der Waals surface area contributed by atoms with Gasteiger partial charge in [0.15, 0.2) is 0 Å². The number of hydrogen-bond donors (Lipinski definition) is 1. The fourth-order valence-corrected chi connectivity index (χ4v) is 3.33. The minimum Gasteiger partial charge on any atom is -0.315 e. The predicted molar refractivity (Wildman–Crippen MR) is 83.8 cm³/mol. The maximum absolute atomic E-state index is 4.88. The van der Waals surface area contributed by atoms with Crippen LogP contribution in [0.25, 0.3) is 10.6 Å². The molecule has 0 amide bonds. The average molecular weight is 274 g/mol. The molecule has 102 valence electrons. The van der Waals surface area contributed by atoms with Crippen LogP contribution in [0.1, 0.15) is 36.9 Å². The highest BCUT2D eigenvalue weighted by Gasteiger charge is 2.23. The number of hydrogen-bond acceptors (Lipinski definition) is 3. The van der Waals surface area contributed by atoms with Crippen LogP contribution in [0.4, 0.5) is 0 Å². The van der Waals surface area contributed by atoms with Crippen LogP contribution in [0.15, 0.2) is 24.3 Å². The highest BCUT2D eigenvalue weighted by atomic mass is 32.1. The van der Waals surface area contributed by atoms with Crippen molar-refractivity contribution in [3.8, 4) is 10.6 Å². The Morgan fingerprint density at radius 1 is 1.16 bits per heavy atom. The van der Waals surface area contributed by atoms with E-state index in [1.54, 1.807) is 11.3 Å². The van der Waals surface area contributed by atoms with Crippen LogP contribution in [0.2, 0.25) is 0 Å². The van der Waals surface area contributed by atoms with Crippen LogP contribution in [-0.2, 0) is 12.0 Å². The van der Waals surface area contributed by atoms with Gasteiger partial charge >= 0.3 is 0 Å². The smallest absolute Gasteiger partial charge is 0.123 e. The van der Waals surface area contributed by atoms with E-state index in [0.717, 1.165) is 11.6 Å². The molecule has 0 bridgehead atoms. The molecule has 0 aliphatic heterocycles. The Kier molecular flexibility index (Phi) is 4.07. The summed E-state index contributed by atoms with van der Waals surface area (Å²) in [6.45, 7) is 9.66. The summed E-state index contributed by atoms with van der Waals surface area (Å²) in [7, 11) is 1.98. The van der Waals surface area contributed by atoms with Crippen molar-refractivity contribution in [2.45, 2.75) is 39.7 Å². The van der Waals surface area contributed by atoms with Gasteiger partial charge in [-0.25, -0.2) is 4.98 Å². The summed E-state index contributed by atoms with van der Waals surface area (Å²) in [4.78, 5) is 6.22. The fourth-order valence-electron chi connectivity index (χ4n) is 2.04. The number of nitrogens with zero attached hydrogens (tertiary/aromatic N) is 1. The number of thiazole rings is 1. The lowest BCUT2D eigenvalue weighted by Gasteiger charge is -2.17. The molecule has 0 spiro atoms. The van der Waals surface area contributed by atoms with Crippen molar-refractivity contribution in [3.63, 3.8) is 0 Å². The lowest BCUT2D eigenvalue weighted by molar-refractivity contribution is 0.563. The van der Waals surface area contributed by atoms with Crippen LogP contribution in [0, 0.1) is 6.92 Å². The Balaban J connectivity index is 2.45. The Morgan fingerprint density at radius 2 is 1.79 bits per heavy atom. The molecule has 0 atom stereocenters. The van der Waals surface area contributed by atoms with E-state index in [1.807, 2.05) is 7.05 Å². The zero-order valence-electron chi connectivity index (χ0n) is 12.4. The van der Waals surface area contributed by atoms with Gasteiger partial charge in [0.2, 0.25) is 0 Å². The molecule has 0 aliphatic carbocycles. The average Bonchev–Trinajstić information content (AvgIpc) is 2.74. The molecule has 19 heavy (non-hydrogen) atoms. The topological polar surface area (TPSA) is 24.9 Å². The number of aromatic nitrogens is 1. The zero-order valence-corrected chi connectivity index (χ0v) is 13.2. The first-order valence-electron chi connectivity index (χ1n) is 6.63. The molecule has 2 aromatic rings. The van der Waals surface area contributed by atoms with Gasteiger partial charge in [0.25, 0.3) is 0 Å². The second-order valence-corrected chi connectivity index (χ2v) is 7.02. The van der Waals surface area contributed by atoms with E-state index in [-0.39, 0.29) is 5.41 Å². The molecule has 0 fully saturated rings. The molecular formula is C16H22N2S. The van der Waals surface area contributed by atoms with E-state index in [1.165, 1.54) is 21.7 Å². The molecule has 2 rings (SSSR count). The SMILES string of the molecule is CNCc1sc(-c2ccc(C)cc2)nc1C(C)(C)C. The Hall–Kier alpha value is -1.19. The molecule has 2 nitrogen and oxygen atoms in total. The van der Waals surface area contributed by atoms with E-state index in [2.05, 4.69) is 57.3 Å². The monoisotopic (exact) mass is 274 g/mol. The second-order valence-electron chi connectivity index (χ2n) is 5.94. The third kappa shape index (κ3) is 3.23. The number of rotatable bonds is 3. The predicted octanol–water partition coefficient (Wildman–Crippen LogP) is 4.14. The molecule has 0 saturated carbocycles. The largest absolute Gasteiger partial charge is 0.315 e. The van der Waals surface area contributed by atoms with Gasteiger partial charge in [0.1, 0.15) is 5.01 Å². The van der Waals surface area contributed by atoms with Crippen molar-refractivity contribution in [1.82, 2.24) is 10.3 Å². The summed E-state index contributed by atoms with van der Waals surface area (Å²) in [6.07, 6.45) is 0. The molecule has 1 aromatic heterocycles. The number of aryl methyl sites for hydroxylation is 1. The normalized spacial score (nSPS) is 11.8. The minimum atomic E-state index is 0.0889. The van der Waals surface area contributed by atoms with E-state index in [9.17, 15) is 0 Å². The molecule has 1 aromatic carbocycles. The molecular weight excluding hydrogens is 252 g/mol. The van der Waals surface area contributed by atoms with E-state index in [4.69, 9.17) is 4.98 Å². The molecule has 3 heteroatoms. The van der Waals surface area contributed by atoms with Crippen LogP contribution in [0.3, 0.4) is 0 Å². The Labute approximate surface area is 119 Å². The van der Waals surface area contributed by atoms with Crippen molar-refractivity contribution >= 4 is 11.3 Å². The first-order valence-corrected chi connectivity index (χ1v) is 7.45. The van der Waals surface area contributed by atoms with Gasteiger partial charge in [-0.05, 0) is 14.0 Å². The number of nitrogens with one attached hydrogen (secondary N) is 1. The maximum Gasteiger partial charge on any atom is 0.123 e. The standard InChI is InChI=1S/C16H22N2S/c1-11-6-8-12(9-7-11)15-18-14(16(2,3)4)13(19-15)10-17-5/h6-9,17H,10H2,1-5H3. The Morgan fingerprint density at radius 3 is 2.32 bits per heavy atom. The lowest BCUT2D eigenvalue weighted by Crippen LogP contribution is -2.16. The fraction of sp³-hybridized carbons (Fsp3) is 0.438. The molecule has 0 saturated heterocycles. The van der Waals surface area contributed by atoms with Gasteiger partial charge in [-0.2, -0.15) is 0 Å². The van der Waals surface area contributed by atoms with Gasteiger partial charge in [-0.1, -0.05) is 50.6 Å². The van der Waals surface area contributed by atoms with Crippen molar-refractivity contribution in [1.29, 1.82) is 0 Å². The summed E-state index contributed by atoms with van der Waals surface area (Å²) < 4.78 is 0. The molecule has 0 radical (unpaired) electrons. The van der Waals surface area contributed by atoms with Crippen molar-refractivity contribution in [3.05, 3.63) is 40.4 Å². The van der Waals surface area contributed by atoms with Crippen molar-refractivity contribution in [2.24, 2.45) is 0 Å². The molecule has 1 N–H and O–H groups in total. The van der Waals surface area contributed by atoms with Gasteiger partial charge in [0.05, 0.1) is 5.69 Å². The van der Waals surface area contributed by atoms with Gasteiger partial charge < -0.3 is 5.32 Å². The first kappa shape index (κ1) is 14.2. The van der Waals surface area contributed by atoms with Gasteiger partial charge in [0, 0.05) is 22.4 Å². The first-order chi connectivity index (χ1) is 8.91. The highest BCUT2D eigenvalue weighted by molar-refractivity contribution is 7.15. The van der Waals surface area contributed by atoms with E-state index >= 15 is 0 Å². The Bertz CT molecular complexity index is 547.